The maximum Gasteiger partial charge on any atom is 0.253 e. The minimum absolute atomic E-state index is 0.0333. The maximum absolute atomic E-state index is 12.5. The van der Waals surface area contributed by atoms with Crippen LogP contribution in [0.25, 0.3) is 0 Å². The molecular formula is C22H20ClN3O2. The van der Waals surface area contributed by atoms with E-state index in [1.54, 1.807) is 42.5 Å². The van der Waals surface area contributed by atoms with Gasteiger partial charge in [-0.25, -0.2) is 0 Å². The number of amides is 2. The number of hydrogen-bond donors (Lipinski definition) is 3. The first-order chi connectivity index (χ1) is 13.6. The van der Waals surface area contributed by atoms with Crippen LogP contribution in [0.5, 0.6) is 0 Å². The van der Waals surface area contributed by atoms with Crippen LogP contribution in [0.15, 0.2) is 78.9 Å². The third-order valence-electron chi connectivity index (χ3n) is 4.03. The fourth-order valence-electron chi connectivity index (χ4n) is 2.62. The molecule has 0 atom stereocenters. The highest BCUT2D eigenvalue weighted by Crippen LogP contribution is 2.16. The molecule has 6 heteroatoms. The van der Waals surface area contributed by atoms with Gasteiger partial charge in [-0.2, -0.15) is 0 Å². The molecule has 0 heterocycles. The van der Waals surface area contributed by atoms with Crippen molar-refractivity contribution in [3.8, 4) is 0 Å². The van der Waals surface area contributed by atoms with Crippen LogP contribution in [0.2, 0.25) is 5.02 Å². The number of rotatable bonds is 7. The molecule has 3 aromatic carbocycles. The van der Waals surface area contributed by atoms with Crippen molar-refractivity contribution in [2.24, 2.45) is 0 Å². The van der Waals surface area contributed by atoms with Crippen LogP contribution in [0.1, 0.15) is 15.9 Å². The highest BCUT2D eigenvalue weighted by Gasteiger charge is 2.11. The number of benzene rings is 3. The smallest absolute Gasteiger partial charge is 0.253 e. The van der Waals surface area contributed by atoms with Crippen molar-refractivity contribution in [3.05, 3.63) is 95.0 Å². The van der Waals surface area contributed by atoms with E-state index in [0.29, 0.717) is 28.5 Å². The van der Waals surface area contributed by atoms with Gasteiger partial charge in [0, 0.05) is 22.9 Å². The Morgan fingerprint density at radius 3 is 2.25 bits per heavy atom. The lowest BCUT2D eigenvalue weighted by atomic mass is 10.1. The van der Waals surface area contributed by atoms with Gasteiger partial charge in [0.15, 0.2) is 0 Å². The summed E-state index contributed by atoms with van der Waals surface area (Å²) in [6.45, 7) is 0.469. The van der Waals surface area contributed by atoms with Crippen molar-refractivity contribution in [1.82, 2.24) is 5.32 Å². The van der Waals surface area contributed by atoms with E-state index in [4.69, 9.17) is 11.6 Å². The molecule has 0 saturated carbocycles. The first-order valence-electron chi connectivity index (χ1n) is 8.82. The summed E-state index contributed by atoms with van der Waals surface area (Å²) in [5, 5.41) is 9.30. The number of halogens is 1. The fourth-order valence-corrected chi connectivity index (χ4v) is 2.75. The Labute approximate surface area is 168 Å². The zero-order chi connectivity index (χ0) is 19.8. The van der Waals surface area contributed by atoms with E-state index in [2.05, 4.69) is 16.0 Å². The number of carbonyl (C=O) groups is 2. The number of para-hydroxylation sites is 1. The predicted octanol–water partition coefficient (Wildman–Crippen LogP) is 4.32. The summed E-state index contributed by atoms with van der Waals surface area (Å²) < 4.78 is 0. The topological polar surface area (TPSA) is 70.2 Å². The van der Waals surface area contributed by atoms with Crippen molar-refractivity contribution >= 4 is 34.8 Å². The maximum atomic E-state index is 12.5. The average molecular weight is 394 g/mol. The third-order valence-corrected chi connectivity index (χ3v) is 4.29. The molecular weight excluding hydrogens is 374 g/mol. The number of anilines is 2. The van der Waals surface area contributed by atoms with Gasteiger partial charge in [-0.1, -0.05) is 54.1 Å². The van der Waals surface area contributed by atoms with Gasteiger partial charge in [0.05, 0.1) is 12.1 Å². The molecule has 0 aliphatic heterocycles. The SMILES string of the molecule is O=C(CNc1ccccc1C(=O)NCc1ccccc1)Nc1ccc(Cl)cc1. The summed E-state index contributed by atoms with van der Waals surface area (Å²) in [7, 11) is 0. The largest absolute Gasteiger partial charge is 0.376 e. The molecule has 142 valence electrons. The molecule has 0 unspecified atom stereocenters. The van der Waals surface area contributed by atoms with Crippen molar-refractivity contribution < 1.29 is 9.59 Å². The molecule has 0 bridgehead atoms. The summed E-state index contributed by atoms with van der Waals surface area (Å²) in [5.41, 5.74) is 2.76. The van der Waals surface area contributed by atoms with Gasteiger partial charge < -0.3 is 16.0 Å². The van der Waals surface area contributed by atoms with Crippen LogP contribution in [-0.2, 0) is 11.3 Å². The lowest BCUT2D eigenvalue weighted by molar-refractivity contribution is -0.114. The van der Waals surface area contributed by atoms with Gasteiger partial charge in [0.2, 0.25) is 5.91 Å². The summed E-state index contributed by atoms with van der Waals surface area (Å²) in [6, 6.07) is 23.6. The molecule has 3 aromatic rings. The minimum atomic E-state index is -0.221. The Morgan fingerprint density at radius 1 is 0.821 bits per heavy atom. The monoisotopic (exact) mass is 393 g/mol. The van der Waals surface area contributed by atoms with E-state index < -0.39 is 0 Å². The van der Waals surface area contributed by atoms with Gasteiger partial charge in [0.1, 0.15) is 0 Å². The molecule has 0 aromatic heterocycles. The van der Waals surface area contributed by atoms with E-state index in [0.717, 1.165) is 5.56 Å². The van der Waals surface area contributed by atoms with Crippen LogP contribution in [0, 0.1) is 0 Å². The lowest BCUT2D eigenvalue weighted by Gasteiger charge is -2.12. The molecule has 28 heavy (non-hydrogen) atoms. The average Bonchev–Trinajstić information content (AvgIpc) is 2.73. The second-order valence-corrected chi connectivity index (χ2v) is 6.56. The Bertz CT molecular complexity index is 944. The van der Waals surface area contributed by atoms with E-state index in [-0.39, 0.29) is 18.4 Å². The zero-order valence-electron chi connectivity index (χ0n) is 15.1. The number of nitrogens with one attached hydrogen (secondary N) is 3. The summed E-state index contributed by atoms with van der Waals surface area (Å²) >= 11 is 5.84. The van der Waals surface area contributed by atoms with Gasteiger partial charge in [-0.05, 0) is 42.0 Å². The van der Waals surface area contributed by atoms with Gasteiger partial charge in [-0.15, -0.1) is 0 Å². The fraction of sp³-hybridized carbons (Fsp3) is 0.0909. The third kappa shape index (κ3) is 5.59. The molecule has 5 nitrogen and oxygen atoms in total. The van der Waals surface area contributed by atoms with E-state index in [1.165, 1.54) is 0 Å². The Kier molecular flexibility index (Phi) is 6.65. The van der Waals surface area contributed by atoms with Gasteiger partial charge in [0.25, 0.3) is 5.91 Å². The zero-order valence-corrected chi connectivity index (χ0v) is 15.9. The van der Waals surface area contributed by atoms with Crippen LogP contribution < -0.4 is 16.0 Å². The van der Waals surface area contributed by atoms with E-state index in [9.17, 15) is 9.59 Å². The van der Waals surface area contributed by atoms with Gasteiger partial charge in [-0.3, -0.25) is 9.59 Å². The van der Waals surface area contributed by atoms with Crippen molar-refractivity contribution in [2.45, 2.75) is 6.54 Å². The Morgan fingerprint density at radius 2 is 1.50 bits per heavy atom. The van der Waals surface area contributed by atoms with Crippen LogP contribution in [0.3, 0.4) is 0 Å². The van der Waals surface area contributed by atoms with Crippen molar-refractivity contribution in [2.75, 3.05) is 17.2 Å². The highest BCUT2D eigenvalue weighted by molar-refractivity contribution is 6.30. The van der Waals surface area contributed by atoms with Crippen molar-refractivity contribution in [3.63, 3.8) is 0 Å². The van der Waals surface area contributed by atoms with E-state index in [1.807, 2.05) is 36.4 Å². The van der Waals surface area contributed by atoms with Crippen LogP contribution in [0.4, 0.5) is 11.4 Å². The molecule has 3 N–H and O–H groups in total. The minimum Gasteiger partial charge on any atom is -0.376 e. The molecule has 3 rings (SSSR count). The number of hydrogen-bond acceptors (Lipinski definition) is 3. The lowest BCUT2D eigenvalue weighted by Crippen LogP contribution is -2.26. The Hall–Kier alpha value is -3.31. The molecule has 0 spiro atoms. The summed E-state index contributed by atoms with van der Waals surface area (Å²) in [5.74, 6) is -0.424. The van der Waals surface area contributed by atoms with Crippen LogP contribution in [-0.4, -0.2) is 18.4 Å². The highest BCUT2D eigenvalue weighted by atomic mass is 35.5. The molecule has 2 amide bonds. The summed E-state index contributed by atoms with van der Waals surface area (Å²) in [6.07, 6.45) is 0. The molecule has 0 radical (unpaired) electrons. The molecule has 0 aliphatic rings. The normalized spacial score (nSPS) is 10.2. The van der Waals surface area contributed by atoms with Gasteiger partial charge >= 0.3 is 0 Å². The standard InChI is InChI=1S/C22H20ClN3O2/c23-17-10-12-18(13-11-17)26-21(27)15-24-20-9-5-4-8-19(20)22(28)25-14-16-6-2-1-3-7-16/h1-13,24H,14-15H2,(H,25,28)(H,26,27). The first kappa shape index (κ1) is 19.5. The van der Waals surface area contributed by atoms with E-state index >= 15 is 0 Å². The second kappa shape index (κ2) is 9.58. The summed E-state index contributed by atoms with van der Waals surface area (Å²) in [4.78, 5) is 24.7. The quantitative estimate of drug-likeness (QED) is 0.559. The van der Waals surface area contributed by atoms with Crippen molar-refractivity contribution in [1.29, 1.82) is 0 Å². The van der Waals surface area contributed by atoms with Crippen LogP contribution >= 0.6 is 11.6 Å². The Balaban J connectivity index is 1.57. The molecule has 0 saturated heterocycles. The second-order valence-electron chi connectivity index (χ2n) is 6.12. The molecule has 0 aliphatic carbocycles. The molecule has 0 fully saturated rings. The number of carbonyl (C=O) groups excluding carboxylic acids is 2. The first-order valence-corrected chi connectivity index (χ1v) is 9.20. The predicted molar refractivity (Wildman–Crippen MR) is 113 cm³/mol.